The number of rotatable bonds is 4. The maximum atomic E-state index is 9.25. The Hall–Kier alpha value is -2.12. The highest BCUT2D eigenvalue weighted by Crippen LogP contribution is 2.26. The monoisotopic (exact) mass is 269 g/mol. The molecule has 0 unspecified atom stereocenters. The van der Waals surface area contributed by atoms with Gasteiger partial charge in [-0.05, 0) is 36.1 Å². The highest BCUT2D eigenvalue weighted by molar-refractivity contribution is 7.98. The number of nitrogens with one attached hydrogen (secondary N) is 1. The van der Waals surface area contributed by atoms with Crippen molar-refractivity contribution < 1.29 is 0 Å². The van der Waals surface area contributed by atoms with Crippen LogP contribution in [0.5, 0.6) is 0 Å². The van der Waals surface area contributed by atoms with Gasteiger partial charge in [-0.25, -0.2) is 0 Å². The van der Waals surface area contributed by atoms with Crippen LogP contribution in [0.15, 0.2) is 47.4 Å². The van der Waals surface area contributed by atoms with Crippen LogP contribution in [0.4, 0.5) is 11.4 Å². The molecule has 2 aromatic carbocycles. The molecule has 96 valence electrons. The summed E-state index contributed by atoms with van der Waals surface area (Å²) in [6.45, 7) is 0.650. The average molecular weight is 269 g/mol. The van der Waals surface area contributed by atoms with Gasteiger partial charge in [-0.2, -0.15) is 5.26 Å². The van der Waals surface area contributed by atoms with Crippen molar-refractivity contribution in [2.24, 2.45) is 0 Å². The maximum absolute atomic E-state index is 9.25. The summed E-state index contributed by atoms with van der Waals surface area (Å²) < 4.78 is 0. The molecule has 0 saturated carbocycles. The lowest BCUT2D eigenvalue weighted by molar-refractivity contribution is 1.14. The summed E-state index contributed by atoms with van der Waals surface area (Å²) in [5.74, 6) is 0. The minimum Gasteiger partial charge on any atom is -0.399 e. The summed E-state index contributed by atoms with van der Waals surface area (Å²) in [5.41, 5.74) is 9.14. The van der Waals surface area contributed by atoms with Crippen molar-refractivity contribution in [3.63, 3.8) is 0 Å². The van der Waals surface area contributed by atoms with Crippen molar-refractivity contribution in [3.8, 4) is 6.07 Å². The minimum atomic E-state index is 0.650. The topological polar surface area (TPSA) is 61.8 Å². The van der Waals surface area contributed by atoms with Crippen LogP contribution < -0.4 is 11.1 Å². The Balaban J connectivity index is 2.18. The van der Waals surface area contributed by atoms with Gasteiger partial charge in [0.2, 0.25) is 0 Å². The summed E-state index contributed by atoms with van der Waals surface area (Å²) in [6.07, 6.45) is 1.97. The molecule has 3 N–H and O–H groups in total. The van der Waals surface area contributed by atoms with Crippen molar-refractivity contribution in [2.75, 3.05) is 17.3 Å². The molecule has 0 aliphatic rings. The quantitative estimate of drug-likeness (QED) is 0.659. The molecule has 0 heterocycles. The SMILES string of the molecule is CSc1cccc(NCc2cccc(N)c2)c1C#N. The van der Waals surface area contributed by atoms with Gasteiger partial charge in [0.1, 0.15) is 6.07 Å². The van der Waals surface area contributed by atoms with Gasteiger partial charge >= 0.3 is 0 Å². The lowest BCUT2D eigenvalue weighted by Gasteiger charge is -2.10. The fraction of sp³-hybridized carbons (Fsp3) is 0.133. The Morgan fingerprint density at radius 2 is 2.05 bits per heavy atom. The molecule has 0 aliphatic heterocycles. The number of thioether (sulfide) groups is 1. The zero-order valence-electron chi connectivity index (χ0n) is 10.7. The summed E-state index contributed by atoms with van der Waals surface area (Å²) in [4.78, 5) is 0.986. The Kier molecular flexibility index (Phi) is 4.32. The molecule has 2 rings (SSSR count). The lowest BCUT2D eigenvalue weighted by Crippen LogP contribution is -2.02. The fourth-order valence-corrected chi connectivity index (χ4v) is 2.44. The predicted octanol–water partition coefficient (Wildman–Crippen LogP) is 3.47. The van der Waals surface area contributed by atoms with Crippen LogP contribution in [0.1, 0.15) is 11.1 Å². The normalized spacial score (nSPS) is 9.89. The third-order valence-electron chi connectivity index (χ3n) is 2.79. The van der Waals surface area contributed by atoms with E-state index < -0.39 is 0 Å². The summed E-state index contributed by atoms with van der Waals surface area (Å²) in [5, 5.41) is 12.5. The molecule has 0 aliphatic carbocycles. The number of nitrogens with two attached hydrogens (primary N) is 1. The van der Waals surface area contributed by atoms with E-state index in [1.165, 1.54) is 0 Å². The molecule has 0 atom stereocenters. The largest absolute Gasteiger partial charge is 0.399 e. The first kappa shape index (κ1) is 13.3. The number of anilines is 2. The molecule has 0 bridgehead atoms. The van der Waals surface area contributed by atoms with Crippen LogP contribution in [0.3, 0.4) is 0 Å². The second kappa shape index (κ2) is 6.17. The van der Waals surface area contributed by atoms with Crippen LogP contribution in [-0.4, -0.2) is 6.26 Å². The Bertz CT molecular complexity index is 617. The van der Waals surface area contributed by atoms with E-state index in [0.29, 0.717) is 12.1 Å². The highest BCUT2D eigenvalue weighted by Gasteiger charge is 2.06. The molecule has 0 fully saturated rings. The van der Waals surface area contributed by atoms with Crippen LogP contribution in [0.2, 0.25) is 0 Å². The molecule has 4 heteroatoms. The summed E-state index contributed by atoms with van der Waals surface area (Å²) >= 11 is 1.58. The molecule has 2 aromatic rings. The molecular formula is C15H15N3S. The van der Waals surface area contributed by atoms with Crippen molar-refractivity contribution in [1.82, 2.24) is 0 Å². The number of nitrogen functional groups attached to an aromatic ring is 1. The Labute approximate surface area is 117 Å². The van der Waals surface area contributed by atoms with Crippen LogP contribution >= 0.6 is 11.8 Å². The third-order valence-corrected chi connectivity index (χ3v) is 3.57. The van der Waals surface area contributed by atoms with Gasteiger partial charge in [0.05, 0.1) is 11.3 Å². The van der Waals surface area contributed by atoms with Crippen molar-refractivity contribution >= 4 is 23.1 Å². The van der Waals surface area contributed by atoms with Gasteiger partial charge in [0.15, 0.2) is 0 Å². The standard InChI is InChI=1S/C15H15N3S/c1-19-15-7-3-6-14(13(15)9-16)18-10-11-4-2-5-12(17)8-11/h2-8,18H,10,17H2,1H3. The van der Waals surface area contributed by atoms with Gasteiger partial charge < -0.3 is 11.1 Å². The molecule has 0 radical (unpaired) electrons. The van der Waals surface area contributed by atoms with E-state index in [1.807, 2.05) is 48.7 Å². The van der Waals surface area contributed by atoms with E-state index in [0.717, 1.165) is 21.8 Å². The molecule has 19 heavy (non-hydrogen) atoms. The highest BCUT2D eigenvalue weighted by atomic mass is 32.2. The number of hydrogen-bond donors (Lipinski definition) is 2. The van der Waals surface area contributed by atoms with E-state index in [-0.39, 0.29) is 0 Å². The smallest absolute Gasteiger partial charge is 0.102 e. The summed E-state index contributed by atoms with van der Waals surface area (Å²) in [6, 6.07) is 15.8. The van der Waals surface area contributed by atoms with E-state index in [9.17, 15) is 5.26 Å². The number of hydrogen-bond acceptors (Lipinski definition) is 4. The van der Waals surface area contributed by atoms with E-state index in [1.54, 1.807) is 11.8 Å². The Morgan fingerprint density at radius 3 is 2.74 bits per heavy atom. The van der Waals surface area contributed by atoms with Crippen LogP contribution in [0, 0.1) is 11.3 Å². The molecular weight excluding hydrogens is 254 g/mol. The summed E-state index contributed by atoms with van der Waals surface area (Å²) in [7, 11) is 0. The van der Waals surface area contributed by atoms with Gasteiger partial charge in [0, 0.05) is 17.1 Å². The fourth-order valence-electron chi connectivity index (χ4n) is 1.86. The maximum Gasteiger partial charge on any atom is 0.102 e. The van der Waals surface area contributed by atoms with Gasteiger partial charge in [-0.15, -0.1) is 11.8 Å². The number of benzene rings is 2. The second-order valence-electron chi connectivity index (χ2n) is 4.09. The van der Waals surface area contributed by atoms with Gasteiger partial charge in [0.25, 0.3) is 0 Å². The first-order valence-corrected chi connectivity index (χ1v) is 7.12. The Morgan fingerprint density at radius 1 is 1.26 bits per heavy atom. The number of nitriles is 1. The minimum absolute atomic E-state index is 0.650. The number of nitrogens with zero attached hydrogens (tertiary/aromatic N) is 1. The van der Waals surface area contributed by atoms with Crippen molar-refractivity contribution in [1.29, 1.82) is 5.26 Å². The second-order valence-corrected chi connectivity index (χ2v) is 4.94. The molecule has 3 nitrogen and oxygen atoms in total. The molecule has 0 saturated heterocycles. The van der Waals surface area contributed by atoms with Gasteiger partial charge in [-0.3, -0.25) is 0 Å². The molecule has 0 amide bonds. The predicted molar refractivity (Wildman–Crippen MR) is 81.1 cm³/mol. The van der Waals surface area contributed by atoms with Crippen molar-refractivity contribution in [2.45, 2.75) is 11.4 Å². The molecule has 0 aromatic heterocycles. The first-order valence-electron chi connectivity index (χ1n) is 5.90. The van der Waals surface area contributed by atoms with Gasteiger partial charge in [-0.1, -0.05) is 18.2 Å². The van der Waals surface area contributed by atoms with E-state index in [4.69, 9.17) is 5.73 Å². The van der Waals surface area contributed by atoms with Crippen LogP contribution in [-0.2, 0) is 6.54 Å². The third kappa shape index (κ3) is 3.21. The zero-order valence-corrected chi connectivity index (χ0v) is 11.5. The lowest BCUT2D eigenvalue weighted by atomic mass is 10.1. The average Bonchev–Trinajstić information content (AvgIpc) is 2.44. The van der Waals surface area contributed by atoms with Crippen molar-refractivity contribution in [3.05, 3.63) is 53.6 Å². The van der Waals surface area contributed by atoms with E-state index >= 15 is 0 Å². The van der Waals surface area contributed by atoms with E-state index in [2.05, 4.69) is 11.4 Å². The first-order chi connectivity index (χ1) is 9.24. The zero-order chi connectivity index (χ0) is 13.7. The van der Waals surface area contributed by atoms with Crippen LogP contribution in [0.25, 0.3) is 0 Å². The molecule has 0 spiro atoms.